The molecular formula is C13H17N5S. The fraction of sp³-hybridized carbons (Fsp3) is 0.385. The molecule has 100 valence electrons. The van der Waals surface area contributed by atoms with E-state index in [1.807, 2.05) is 18.2 Å². The second-order valence-electron chi connectivity index (χ2n) is 4.75. The lowest BCUT2D eigenvalue weighted by Gasteiger charge is -2.26. The Balaban J connectivity index is 1.91. The second kappa shape index (κ2) is 5.32. The van der Waals surface area contributed by atoms with Crippen molar-refractivity contribution in [3.63, 3.8) is 0 Å². The summed E-state index contributed by atoms with van der Waals surface area (Å²) in [5, 5.41) is 4.22. The van der Waals surface area contributed by atoms with Gasteiger partial charge in [-0.2, -0.15) is 0 Å². The number of benzene rings is 1. The van der Waals surface area contributed by atoms with Gasteiger partial charge < -0.3 is 11.1 Å². The molecule has 6 heteroatoms. The highest BCUT2D eigenvalue weighted by Gasteiger charge is 2.13. The van der Waals surface area contributed by atoms with Crippen molar-refractivity contribution in [3.8, 4) is 0 Å². The standard InChI is InChI=1S/C13H17N5S/c14-13-10-2-1-9(19)7-11(10)16-12(17-13)8-18-5-3-15-4-6-18/h1-2,7,15,19H,3-6,8H2,(H2,14,16,17). The first kappa shape index (κ1) is 12.7. The summed E-state index contributed by atoms with van der Waals surface area (Å²) in [4.78, 5) is 12.2. The summed E-state index contributed by atoms with van der Waals surface area (Å²) in [5.41, 5.74) is 6.87. The van der Waals surface area contributed by atoms with Crippen molar-refractivity contribution >= 4 is 29.3 Å². The molecule has 0 bridgehead atoms. The molecule has 1 aromatic carbocycles. The minimum Gasteiger partial charge on any atom is -0.383 e. The molecule has 2 heterocycles. The van der Waals surface area contributed by atoms with Crippen molar-refractivity contribution in [1.82, 2.24) is 20.2 Å². The van der Waals surface area contributed by atoms with Gasteiger partial charge in [-0.3, -0.25) is 4.90 Å². The van der Waals surface area contributed by atoms with Gasteiger partial charge in [0.2, 0.25) is 0 Å². The molecule has 1 aliphatic heterocycles. The molecule has 3 N–H and O–H groups in total. The van der Waals surface area contributed by atoms with Gasteiger partial charge in [-0.15, -0.1) is 12.6 Å². The van der Waals surface area contributed by atoms with Gasteiger partial charge in [0.15, 0.2) is 0 Å². The number of piperazine rings is 1. The molecule has 1 saturated heterocycles. The van der Waals surface area contributed by atoms with Gasteiger partial charge in [-0.25, -0.2) is 9.97 Å². The minimum absolute atomic E-state index is 0.545. The van der Waals surface area contributed by atoms with E-state index >= 15 is 0 Å². The smallest absolute Gasteiger partial charge is 0.145 e. The highest BCUT2D eigenvalue weighted by molar-refractivity contribution is 7.80. The van der Waals surface area contributed by atoms with Crippen LogP contribution < -0.4 is 11.1 Å². The van der Waals surface area contributed by atoms with E-state index in [1.54, 1.807) is 0 Å². The summed E-state index contributed by atoms with van der Waals surface area (Å²) in [6.07, 6.45) is 0. The van der Waals surface area contributed by atoms with Crippen LogP contribution in [0.15, 0.2) is 23.1 Å². The molecule has 2 aromatic rings. The van der Waals surface area contributed by atoms with Crippen molar-refractivity contribution < 1.29 is 0 Å². The predicted molar refractivity (Wildman–Crippen MR) is 79.3 cm³/mol. The number of anilines is 1. The third-order valence-corrected chi connectivity index (χ3v) is 3.61. The van der Waals surface area contributed by atoms with E-state index in [4.69, 9.17) is 5.73 Å². The Morgan fingerprint density at radius 3 is 2.84 bits per heavy atom. The lowest BCUT2D eigenvalue weighted by Crippen LogP contribution is -2.43. The Morgan fingerprint density at radius 1 is 1.26 bits per heavy atom. The molecule has 0 atom stereocenters. The molecule has 19 heavy (non-hydrogen) atoms. The van der Waals surface area contributed by atoms with Crippen molar-refractivity contribution in [2.45, 2.75) is 11.4 Å². The molecule has 0 unspecified atom stereocenters. The van der Waals surface area contributed by atoms with E-state index in [1.165, 1.54) is 0 Å². The predicted octanol–water partition coefficient (Wildman–Crippen LogP) is 0.906. The Morgan fingerprint density at radius 2 is 2.05 bits per heavy atom. The van der Waals surface area contributed by atoms with Gasteiger partial charge >= 0.3 is 0 Å². The summed E-state index contributed by atoms with van der Waals surface area (Å²) >= 11 is 4.34. The molecule has 1 fully saturated rings. The average molecular weight is 275 g/mol. The van der Waals surface area contributed by atoms with Crippen LogP contribution in [0.3, 0.4) is 0 Å². The maximum absolute atomic E-state index is 6.01. The van der Waals surface area contributed by atoms with Gasteiger partial charge in [-0.1, -0.05) is 0 Å². The lowest BCUT2D eigenvalue weighted by molar-refractivity contribution is 0.228. The Hall–Kier alpha value is -1.37. The van der Waals surface area contributed by atoms with E-state index in [-0.39, 0.29) is 0 Å². The van der Waals surface area contributed by atoms with Crippen LogP contribution in [0.1, 0.15) is 5.82 Å². The molecule has 0 aliphatic carbocycles. The molecule has 1 aliphatic rings. The number of hydrogen-bond donors (Lipinski definition) is 3. The zero-order chi connectivity index (χ0) is 13.2. The van der Waals surface area contributed by atoms with Crippen molar-refractivity contribution in [2.24, 2.45) is 0 Å². The van der Waals surface area contributed by atoms with Crippen LogP contribution in [0.2, 0.25) is 0 Å². The SMILES string of the molecule is Nc1nc(CN2CCNCC2)nc2cc(S)ccc12. The molecule has 3 rings (SSSR count). The minimum atomic E-state index is 0.545. The second-order valence-corrected chi connectivity index (χ2v) is 5.27. The molecule has 0 amide bonds. The number of rotatable bonds is 2. The number of thiol groups is 1. The van der Waals surface area contributed by atoms with Crippen LogP contribution in [0, 0.1) is 0 Å². The van der Waals surface area contributed by atoms with Crippen LogP contribution >= 0.6 is 12.6 Å². The van der Waals surface area contributed by atoms with Crippen LogP contribution in [-0.4, -0.2) is 41.0 Å². The van der Waals surface area contributed by atoms with Gasteiger partial charge in [0, 0.05) is 36.5 Å². The van der Waals surface area contributed by atoms with E-state index < -0.39 is 0 Å². The van der Waals surface area contributed by atoms with E-state index in [0.29, 0.717) is 5.82 Å². The van der Waals surface area contributed by atoms with Gasteiger partial charge in [0.05, 0.1) is 12.1 Å². The first-order valence-electron chi connectivity index (χ1n) is 6.40. The number of nitrogens with two attached hydrogens (primary N) is 1. The van der Waals surface area contributed by atoms with Crippen LogP contribution in [0.5, 0.6) is 0 Å². The van der Waals surface area contributed by atoms with E-state index in [2.05, 4.69) is 32.8 Å². The van der Waals surface area contributed by atoms with Gasteiger partial charge in [-0.05, 0) is 18.2 Å². The number of nitrogen functional groups attached to an aromatic ring is 1. The lowest BCUT2D eigenvalue weighted by atomic mass is 10.2. The normalized spacial score (nSPS) is 16.9. The van der Waals surface area contributed by atoms with Crippen LogP contribution in [0.25, 0.3) is 10.9 Å². The molecule has 0 saturated carbocycles. The number of nitrogens with zero attached hydrogens (tertiary/aromatic N) is 3. The maximum atomic E-state index is 6.01. The first-order valence-corrected chi connectivity index (χ1v) is 6.85. The van der Waals surface area contributed by atoms with Crippen LogP contribution in [0.4, 0.5) is 5.82 Å². The molecular weight excluding hydrogens is 258 g/mol. The monoisotopic (exact) mass is 275 g/mol. The molecule has 5 nitrogen and oxygen atoms in total. The number of fused-ring (bicyclic) bond motifs is 1. The van der Waals surface area contributed by atoms with Crippen molar-refractivity contribution in [3.05, 3.63) is 24.0 Å². The van der Waals surface area contributed by atoms with Gasteiger partial charge in [0.1, 0.15) is 11.6 Å². The third-order valence-electron chi connectivity index (χ3n) is 3.33. The van der Waals surface area contributed by atoms with Crippen molar-refractivity contribution in [2.75, 3.05) is 31.9 Å². The molecule has 0 radical (unpaired) electrons. The number of nitrogens with one attached hydrogen (secondary N) is 1. The fourth-order valence-electron chi connectivity index (χ4n) is 2.33. The quantitative estimate of drug-likeness (QED) is 0.711. The van der Waals surface area contributed by atoms with Crippen molar-refractivity contribution in [1.29, 1.82) is 0 Å². The first-order chi connectivity index (χ1) is 9.22. The Kier molecular flexibility index (Phi) is 3.54. The Bertz CT molecular complexity index is 595. The molecule has 0 spiro atoms. The highest BCUT2D eigenvalue weighted by atomic mass is 32.1. The van der Waals surface area contributed by atoms with E-state index in [9.17, 15) is 0 Å². The number of aromatic nitrogens is 2. The van der Waals surface area contributed by atoms with Crippen LogP contribution in [-0.2, 0) is 6.54 Å². The van der Waals surface area contributed by atoms with Gasteiger partial charge in [0.25, 0.3) is 0 Å². The third kappa shape index (κ3) is 2.80. The Labute approximate surface area is 117 Å². The number of hydrogen-bond acceptors (Lipinski definition) is 6. The highest BCUT2D eigenvalue weighted by Crippen LogP contribution is 2.21. The summed E-state index contributed by atoms with van der Waals surface area (Å²) in [6, 6.07) is 5.75. The summed E-state index contributed by atoms with van der Waals surface area (Å²) < 4.78 is 0. The average Bonchev–Trinajstić information content (AvgIpc) is 2.39. The summed E-state index contributed by atoms with van der Waals surface area (Å²) in [7, 11) is 0. The zero-order valence-corrected chi connectivity index (χ0v) is 11.5. The fourth-order valence-corrected chi connectivity index (χ4v) is 2.53. The zero-order valence-electron chi connectivity index (χ0n) is 10.6. The summed E-state index contributed by atoms with van der Waals surface area (Å²) in [6.45, 7) is 4.83. The van der Waals surface area contributed by atoms with E-state index in [0.717, 1.165) is 54.3 Å². The topological polar surface area (TPSA) is 67.1 Å². The summed E-state index contributed by atoms with van der Waals surface area (Å²) in [5.74, 6) is 1.33. The maximum Gasteiger partial charge on any atom is 0.145 e. The molecule has 1 aromatic heterocycles. The largest absolute Gasteiger partial charge is 0.383 e.